The molecule has 6 heteroatoms. The molecule has 0 saturated carbocycles. The van der Waals surface area contributed by atoms with Crippen LogP contribution < -0.4 is 0 Å². The van der Waals surface area contributed by atoms with Gasteiger partial charge in [-0.1, -0.05) is 13.8 Å². The van der Waals surface area contributed by atoms with Crippen LogP contribution in [0.15, 0.2) is 0 Å². The van der Waals surface area contributed by atoms with Crippen molar-refractivity contribution in [2.75, 3.05) is 19.8 Å². The van der Waals surface area contributed by atoms with Crippen LogP contribution in [0.2, 0.25) is 11.6 Å². The van der Waals surface area contributed by atoms with Crippen LogP contribution in [0.3, 0.4) is 0 Å². The van der Waals surface area contributed by atoms with Gasteiger partial charge in [-0.05, 0) is 24.9 Å². The first kappa shape index (κ1) is 16.6. The molecule has 3 unspecified atom stereocenters. The van der Waals surface area contributed by atoms with E-state index in [2.05, 4.69) is 13.8 Å². The smallest absolute Gasteiger partial charge is 0.304 e. The third-order valence-corrected chi connectivity index (χ3v) is 6.12. The van der Waals surface area contributed by atoms with E-state index in [1.54, 1.807) is 6.92 Å². The van der Waals surface area contributed by atoms with Gasteiger partial charge in [0.2, 0.25) is 0 Å². The average molecular weight is 290 g/mol. The summed E-state index contributed by atoms with van der Waals surface area (Å²) >= 11 is 0. The van der Waals surface area contributed by atoms with Crippen LogP contribution in [-0.2, 0) is 23.4 Å². The van der Waals surface area contributed by atoms with E-state index in [1.807, 2.05) is 0 Å². The zero-order valence-electron chi connectivity index (χ0n) is 12.4. The Kier molecular flexibility index (Phi) is 7.59. The molecule has 0 aromatic carbocycles. The van der Waals surface area contributed by atoms with Gasteiger partial charge in [0.25, 0.3) is 0 Å². The molecule has 1 aliphatic rings. The predicted molar refractivity (Wildman–Crippen MR) is 74.5 cm³/mol. The van der Waals surface area contributed by atoms with Gasteiger partial charge < -0.3 is 18.6 Å². The van der Waals surface area contributed by atoms with Gasteiger partial charge in [0.05, 0.1) is 13.2 Å². The average Bonchev–Trinajstić information content (AvgIpc) is 3.09. The summed E-state index contributed by atoms with van der Waals surface area (Å²) in [4.78, 5) is 10.9. The summed E-state index contributed by atoms with van der Waals surface area (Å²) in [6, 6.07) is 1.04. The highest BCUT2D eigenvalue weighted by Gasteiger charge is 2.23. The van der Waals surface area contributed by atoms with Gasteiger partial charge in [0.1, 0.15) is 6.10 Å². The highest BCUT2D eigenvalue weighted by Crippen LogP contribution is 2.17. The Morgan fingerprint density at radius 2 is 2.11 bits per heavy atom. The Labute approximate surface area is 117 Å². The quantitative estimate of drug-likeness (QED) is 0.202. The molecule has 0 bridgehead atoms. The molecule has 0 aromatic heterocycles. The van der Waals surface area contributed by atoms with E-state index >= 15 is 0 Å². The Hall–Kier alpha value is -0.433. The van der Waals surface area contributed by atoms with Crippen molar-refractivity contribution in [2.24, 2.45) is 0 Å². The van der Waals surface area contributed by atoms with Gasteiger partial charge in [0.15, 0.2) is 15.3 Å². The van der Waals surface area contributed by atoms with Gasteiger partial charge in [0, 0.05) is 13.5 Å². The van der Waals surface area contributed by atoms with Crippen molar-refractivity contribution < 1.29 is 23.4 Å². The Balaban J connectivity index is 2.13. The number of esters is 1. The molecule has 5 nitrogen and oxygen atoms in total. The summed E-state index contributed by atoms with van der Waals surface area (Å²) in [6.45, 7) is 9.81. The van der Waals surface area contributed by atoms with Gasteiger partial charge in [-0.3, -0.25) is 4.79 Å². The van der Waals surface area contributed by atoms with Crippen LogP contribution in [-0.4, -0.2) is 47.2 Å². The van der Waals surface area contributed by atoms with E-state index in [9.17, 15) is 4.79 Å². The van der Waals surface area contributed by atoms with E-state index in [-0.39, 0.29) is 5.97 Å². The highest BCUT2D eigenvalue weighted by atomic mass is 28.3. The van der Waals surface area contributed by atoms with Crippen molar-refractivity contribution in [2.45, 2.75) is 58.1 Å². The number of epoxide rings is 1. The number of carbonyl (C=O) groups excluding carboxylic acids is 1. The maximum atomic E-state index is 10.9. The standard InChI is InChI=1S/C13H26O5Si/c1-10(2)19(18-12(4)17-11(3)14)7-5-6-15-8-13-9-16-13/h10,12-13,19H,5-9H2,1-4H3. The summed E-state index contributed by atoms with van der Waals surface area (Å²) in [5.41, 5.74) is 0.518. The largest absolute Gasteiger partial charge is 0.437 e. The molecular formula is C13H26O5Si. The first-order chi connectivity index (χ1) is 8.99. The highest BCUT2D eigenvalue weighted by molar-refractivity contribution is 6.53. The summed E-state index contributed by atoms with van der Waals surface area (Å²) in [5, 5.41) is 0. The van der Waals surface area contributed by atoms with Crippen molar-refractivity contribution in [3.05, 3.63) is 0 Å². The second-order valence-corrected chi connectivity index (χ2v) is 8.53. The molecule has 0 N–H and O–H groups in total. The summed E-state index contributed by atoms with van der Waals surface area (Å²) in [5.74, 6) is -0.295. The van der Waals surface area contributed by atoms with Crippen LogP contribution in [0.25, 0.3) is 0 Å². The van der Waals surface area contributed by atoms with Gasteiger partial charge in [-0.15, -0.1) is 0 Å². The lowest BCUT2D eigenvalue weighted by molar-refractivity contribution is -0.159. The summed E-state index contributed by atoms with van der Waals surface area (Å²) < 4.78 is 21.5. The number of rotatable bonds is 10. The third kappa shape index (κ3) is 8.36. The molecule has 112 valence electrons. The van der Waals surface area contributed by atoms with Gasteiger partial charge in [-0.2, -0.15) is 0 Å². The minimum Gasteiger partial charge on any atom is -0.437 e. The van der Waals surface area contributed by atoms with Crippen molar-refractivity contribution in [1.29, 1.82) is 0 Å². The fraction of sp³-hybridized carbons (Fsp3) is 0.923. The molecule has 0 amide bonds. The Bertz CT molecular complexity index is 268. The molecule has 1 fully saturated rings. The van der Waals surface area contributed by atoms with Crippen LogP contribution in [0.5, 0.6) is 0 Å². The molecule has 3 atom stereocenters. The van der Waals surface area contributed by atoms with Crippen molar-refractivity contribution >= 4 is 15.0 Å². The minimum absolute atomic E-state index is 0.295. The molecule has 0 aromatic rings. The van der Waals surface area contributed by atoms with Crippen LogP contribution in [0.4, 0.5) is 0 Å². The minimum atomic E-state index is -1.36. The number of hydrogen-bond acceptors (Lipinski definition) is 5. The fourth-order valence-electron chi connectivity index (χ4n) is 1.83. The zero-order chi connectivity index (χ0) is 14.3. The molecule has 1 heterocycles. The first-order valence-electron chi connectivity index (χ1n) is 7.01. The SMILES string of the molecule is CC(=O)OC(C)O[SiH](CCCOCC1CO1)C(C)C. The van der Waals surface area contributed by atoms with Crippen LogP contribution in [0, 0.1) is 0 Å². The van der Waals surface area contributed by atoms with E-state index < -0.39 is 15.3 Å². The first-order valence-corrected chi connectivity index (χ1v) is 8.96. The van der Waals surface area contributed by atoms with E-state index in [1.165, 1.54) is 6.92 Å². The molecule has 19 heavy (non-hydrogen) atoms. The maximum absolute atomic E-state index is 10.9. The topological polar surface area (TPSA) is 57.3 Å². The van der Waals surface area contributed by atoms with Gasteiger partial charge in [-0.25, -0.2) is 0 Å². The molecule has 1 saturated heterocycles. The van der Waals surface area contributed by atoms with Crippen LogP contribution in [0.1, 0.15) is 34.1 Å². The maximum Gasteiger partial charge on any atom is 0.304 e. The zero-order valence-corrected chi connectivity index (χ0v) is 13.5. The van der Waals surface area contributed by atoms with Crippen molar-refractivity contribution in [3.63, 3.8) is 0 Å². The van der Waals surface area contributed by atoms with E-state index in [4.69, 9.17) is 18.6 Å². The van der Waals surface area contributed by atoms with Crippen molar-refractivity contribution in [1.82, 2.24) is 0 Å². The lowest BCUT2D eigenvalue weighted by atomic mass is 10.5. The lowest BCUT2D eigenvalue weighted by Crippen LogP contribution is -2.29. The molecule has 0 spiro atoms. The monoisotopic (exact) mass is 290 g/mol. The van der Waals surface area contributed by atoms with Gasteiger partial charge >= 0.3 is 5.97 Å². The third-order valence-electron chi connectivity index (χ3n) is 2.93. The predicted octanol–water partition coefficient (Wildman–Crippen LogP) is 1.85. The molecule has 0 radical (unpaired) electrons. The fourth-order valence-corrected chi connectivity index (χ4v) is 4.07. The van der Waals surface area contributed by atoms with Crippen LogP contribution >= 0.6 is 0 Å². The molecule has 1 aliphatic heterocycles. The molecule has 0 aliphatic carbocycles. The van der Waals surface area contributed by atoms with Crippen molar-refractivity contribution in [3.8, 4) is 0 Å². The molecule has 1 rings (SSSR count). The summed E-state index contributed by atoms with van der Waals surface area (Å²) in [6.07, 6.45) is 0.893. The lowest BCUT2D eigenvalue weighted by Gasteiger charge is -2.23. The number of hydrogen-bond donors (Lipinski definition) is 0. The Morgan fingerprint density at radius 3 is 2.63 bits per heavy atom. The van der Waals surface area contributed by atoms with E-state index in [0.29, 0.717) is 18.3 Å². The second-order valence-electron chi connectivity index (χ2n) is 5.27. The second kappa shape index (κ2) is 8.68. The summed E-state index contributed by atoms with van der Waals surface area (Å²) in [7, 11) is -1.36. The molecular weight excluding hydrogens is 264 g/mol. The number of ether oxygens (including phenoxy) is 3. The van der Waals surface area contributed by atoms with E-state index in [0.717, 1.165) is 25.7 Å². The number of carbonyl (C=O) groups is 1. The Morgan fingerprint density at radius 1 is 1.42 bits per heavy atom. The normalized spacial score (nSPS) is 21.2.